The van der Waals surface area contributed by atoms with E-state index in [4.69, 9.17) is 9.47 Å². The van der Waals surface area contributed by atoms with Crippen LogP contribution in [-0.2, 0) is 19.9 Å². The first-order valence-corrected chi connectivity index (χ1v) is 10.5. The van der Waals surface area contributed by atoms with Crippen LogP contribution in [0.1, 0.15) is 13.3 Å². The molecule has 0 N–H and O–H groups in total. The molecule has 130 valence electrons. The smallest absolute Gasteiger partial charge is 0.247 e. The normalized spacial score (nSPS) is 20.6. The lowest BCUT2D eigenvalue weighted by atomic mass is 10.3. The molecular formula is C14H21NO6S2. The molecule has 0 bridgehead atoms. The topological polar surface area (TPSA) is 90.0 Å². The molecule has 1 atom stereocenters. The zero-order valence-corrected chi connectivity index (χ0v) is 15.0. The highest BCUT2D eigenvalue weighted by Gasteiger charge is 2.39. The summed E-state index contributed by atoms with van der Waals surface area (Å²) in [6.45, 7) is 1.87. The van der Waals surface area contributed by atoms with Crippen molar-refractivity contribution in [2.24, 2.45) is 0 Å². The van der Waals surface area contributed by atoms with E-state index in [1.807, 2.05) is 0 Å². The Balaban J connectivity index is 2.47. The molecule has 1 heterocycles. The highest BCUT2D eigenvalue weighted by atomic mass is 32.2. The summed E-state index contributed by atoms with van der Waals surface area (Å²) in [5, 5.41) is 0. The lowest BCUT2D eigenvalue weighted by molar-refractivity contribution is 0.348. The Labute approximate surface area is 137 Å². The minimum absolute atomic E-state index is 0.0128. The van der Waals surface area contributed by atoms with Gasteiger partial charge >= 0.3 is 0 Å². The average molecular weight is 363 g/mol. The van der Waals surface area contributed by atoms with Gasteiger partial charge in [-0.2, -0.15) is 4.31 Å². The molecular weight excluding hydrogens is 342 g/mol. The fraction of sp³-hybridized carbons (Fsp3) is 0.571. The van der Waals surface area contributed by atoms with Gasteiger partial charge in [-0.1, -0.05) is 6.92 Å². The molecule has 9 heteroatoms. The summed E-state index contributed by atoms with van der Waals surface area (Å²) in [4.78, 5) is -0.0227. The van der Waals surface area contributed by atoms with E-state index in [0.29, 0.717) is 12.2 Å². The third-order valence-corrected chi connectivity index (χ3v) is 7.68. The van der Waals surface area contributed by atoms with Crippen LogP contribution in [0.4, 0.5) is 0 Å². The third-order valence-electron chi connectivity index (χ3n) is 3.88. The van der Waals surface area contributed by atoms with Crippen molar-refractivity contribution < 1.29 is 26.3 Å². The Morgan fingerprint density at radius 2 is 1.96 bits per heavy atom. The van der Waals surface area contributed by atoms with E-state index < -0.39 is 25.9 Å². The summed E-state index contributed by atoms with van der Waals surface area (Å²) in [6, 6.07) is 3.96. The van der Waals surface area contributed by atoms with Gasteiger partial charge in [-0.15, -0.1) is 0 Å². The van der Waals surface area contributed by atoms with Gasteiger partial charge < -0.3 is 9.47 Å². The molecule has 0 aromatic heterocycles. The number of methoxy groups -OCH3 is 2. The maximum Gasteiger partial charge on any atom is 0.247 e. The molecule has 0 saturated carbocycles. The second kappa shape index (κ2) is 6.66. The van der Waals surface area contributed by atoms with Gasteiger partial charge in [-0.3, -0.25) is 0 Å². The van der Waals surface area contributed by atoms with Crippen LogP contribution < -0.4 is 9.47 Å². The summed E-state index contributed by atoms with van der Waals surface area (Å²) in [5.41, 5.74) is 0. The molecule has 1 aliphatic rings. The molecule has 1 aliphatic heterocycles. The van der Waals surface area contributed by atoms with E-state index in [2.05, 4.69) is 0 Å². The number of rotatable bonds is 6. The molecule has 1 fully saturated rings. The molecule has 1 saturated heterocycles. The largest absolute Gasteiger partial charge is 0.497 e. The van der Waals surface area contributed by atoms with Gasteiger partial charge in [0.2, 0.25) is 10.0 Å². The van der Waals surface area contributed by atoms with Crippen LogP contribution in [0.2, 0.25) is 0 Å². The minimum Gasteiger partial charge on any atom is -0.497 e. The molecule has 0 unspecified atom stereocenters. The molecule has 0 aliphatic carbocycles. The highest BCUT2D eigenvalue weighted by Crippen LogP contribution is 2.33. The van der Waals surface area contributed by atoms with Crippen molar-refractivity contribution in [2.75, 3.05) is 32.3 Å². The van der Waals surface area contributed by atoms with Crippen LogP contribution in [0.15, 0.2) is 23.1 Å². The molecule has 0 spiro atoms. The van der Waals surface area contributed by atoms with E-state index in [1.165, 1.54) is 30.7 Å². The van der Waals surface area contributed by atoms with Gasteiger partial charge in [-0.05, 0) is 18.6 Å². The van der Waals surface area contributed by atoms with Crippen LogP contribution in [0.5, 0.6) is 11.5 Å². The van der Waals surface area contributed by atoms with Crippen molar-refractivity contribution in [1.82, 2.24) is 4.31 Å². The van der Waals surface area contributed by atoms with Crippen molar-refractivity contribution in [1.29, 1.82) is 0 Å². The van der Waals surface area contributed by atoms with Crippen molar-refractivity contribution in [3.8, 4) is 11.5 Å². The summed E-state index contributed by atoms with van der Waals surface area (Å²) >= 11 is 0. The first-order valence-electron chi connectivity index (χ1n) is 7.19. The zero-order chi connectivity index (χ0) is 17.3. The number of hydrogen-bond acceptors (Lipinski definition) is 6. The summed E-state index contributed by atoms with van der Waals surface area (Å²) in [6.07, 6.45) is 0.307. The van der Waals surface area contributed by atoms with Crippen LogP contribution in [-0.4, -0.2) is 59.5 Å². The van der Waals surface area contributed by atoms with E-state index in [0.717, 1.165) is 0 Å². The third kappa shape index (κ3) is 3.61. The first-order chi connectivity index (χ1) is 10.7. The van der Waals surface area contributed by atoms with Gasteiger partial charge in [0, 0.05) is 18.7 Å². The monoisotopic (exact) mass is 363 g/mol. The van der Waals surface area contributed by atoms with Crippen molar-refractivity contribution >= 4 is 19.9 Å². The fourth-order valence-corrected chi connectivity index (χ4v) is 6.40. The maximum atomic E-state index is 13.0. The van der Waals surface area contributed by atoms with E-state index in [-0.39, 0.29) is 28.7 Å². The van der Waals surface area contributed by atoms with Gasteiger partial charge in [0.05, 0.1) is 25.7 Å². The SMILES string of the molecule is CCN([C@H]1CCS(=O)(=O)C1)S(=O)(=O)c1cc(OC)ccc1OC. The van der Waals surface area contributed by atoms with Crippen LogP contribution in [0.25, 0.3) is 0 Å². The lowest BCUT2D eigenvalue weighted by Gasteiger charge is -2.26. The maximum absolute atomic E-state index is 13.0. The van der Waals surface area contributed by atoms with Gasteiger partial charge in [0.1, 0.15) is 16.4 Å². The summed E-state index contributed by atoms with van der Waals surface area (Å²) < 4.78 is 60.8. The second-order valence-electron chi connectivity index (χ2n) is 5.28. The molecule has 23 heavy (non-hydrogen) atoms. The molecule has 7 nitrogen and oxygen atoms in total. The number of hydrogen-bond donors (Lipinski definition) is 0. The predicted octanol–water partition coefficient (Wildman–Crippen LogP) is 0.901. The van der Waals surface area contributed by atoms with E-state index >= 15 is 0 Å². The fourth-order valence-electron chi connectivity index (χ4n) is 2.74. The molecule has 2 rings (SSSR count). The Morgan fingerprint density at radius 1 is 1.26 bits per heavy atom. The quantitative estimate of drug-likeness (QED) is 0.746. The summed E-state index contributed by atoms with van der Waals surface area (Å²) in [7, 11) is -4.25. The summed E-state index contributed by atoms with van der Waals surface area (Å²) in [5.74, 6) is 0.454. The second-order valence-corrected chi connectivity index (χ2v) is 9.37. The van der Waals surface area contributed by atoms with Gasteiger partial charge in [0.25, 0.3) is 0 Å². The molecule has 1 aromatic carbocycles. The van der Waals surface area contributed by atoms with Gasteiger partial charge in [-0.25, -0.2) is 16.8 Å². The molecule has 1 aromatic rings. The zero-order valence-electron chi connectivity index (χ0n) is 13.4. The lowest BCUT2D eigenvalue weighted by Crippen LogP contribution is -2.41. The van der Waals surface area contributed by atoms with Crippen LogP contribution >= 0.6 is 0 Å². The minimum atomic E-state index is -3.90. The standard InChI is InChI=1S/C14H21NO6S2/c1-4-15(11-7-8-22(16,17)10-11)23(18,19)14-9-12(20-2)5-6-13(14)21-3/h5-6,9,11H,4,7-8,10H2,1-3H3/t11-/m0/s1. The number of benzene rings is 1. The molecule has 0 radical (unpaired) electrons. The van der Waals surface area contributed by atoms with Crippen LogP contribution in [0, 0.1) is 0 Å². The molecule has 0 amide bonds. The first kappa shape index (κ1) is 18.0. The van der Waals surface area contributed by atoms with Crippen molar-refractivity contribution in [2.45, 2.75) is 24.3 Å². The van der Waals surface area contributed by atoms with Gasteiger partial charge in [0.15, 0.2) is 9.84 Å². The highest BCUT2D eigenvalue weighted by molar-refractivity contribution is 7.92. The van der Waals surface area contributed by atoms with E-state index in [9.17, 15) is 16.8 Å². The Hall–Kier alpha value is -1.32. The van der Waals surface area contributed by atoms with Crippen molar-refractivity contribution in [3.63, 3.8) is 0 Å². The predicted molar refractivity (Wildman–Crippen MR) is 86.2 cm³/mol. The van der Waals surface area contributed by atoms with Crippen molar-refractivity contribution in [3.05, 3.63) is 18.2 Å². The van der Waals surface area contributed by atoms with E-state index in [1.54, 1.807) is 13.0 Å². The Morgan fingerprint density at radius 3 is 2.43 bits per heavy atom. The van der Waals surface area contributed by atoms with Crippen LogP contribution in [0.3, 0.4) is 0 Å². The Kier molecular flexibility index (Phi) is 5.22. The average Bonchev–Trinajstić information content (AvgIpc) is 2.86. The number of ether oxygens (including phenoxy) is 2. The number of nitrogens with zero attached hydrogens (tertiary/aromatic N) is 1. The number of sulfonamides is 1. The number of sulfone groups is 1. The Bertz CT molecular complexity index is 772.